The first-order valence-corrected chi connectivity index (χ1v) is 6.21. The van der Waals surface area contributed by atoms with Crippen LogP contribution in [0.4, 0.5) is 17.6 Å². The molecule has 0 saturated carbocycles. The first kappa shape index (κ1) is 12.3. The molecule has 102 valence electrons. The second-order valence-electron chi connectivity index (χ2n) is 4.74. The Morgan fingerprint density at radius 3 is 2.85 bits per heavy atom. The van der Waals surface area contributed by atoms with Gasteiger partial charge in [-0.15, -0.1) is 0 Å². The highest BCUT2D eigenvalue weighted by Crippen LogP contribution is 2.23. The number of fused-ring (bicyclic) bond motifs is 1. The van der Waals surface area contributed by atoms with Gasteiger partial charge in [-0.2, -0.15) is 10.1 Å². The number of pyridine rings is 1. The van der Waals surface area contributed by atoms with Gasteiger partial charge in [-0.1, -0.05) is 0 Å². The van der Waals surface area contributed by atoms with Crippen molar-refractivity contribution >= 4 is 28.6 Å². The molecule has 7 nitrogen and oxygen atoms in total. The van der Waals surface area contributed by atoms with Crippen molar-refractivity contribution in [1.29, 1.82) is 0 Å². The Kier molecular flexibility index (Phi) is 2.94. The van der Waals surface area contributed by atoms with Gasteiger partial charge in [-0.25, -0.2) is 9.97 Å². The first-order valence-electron chi connectivity index (χ1n) is 6.21. The van der Waals surface area contributed by atoms with Crippen molar-refractivity contribution in [2.24, 2.45) is 0 Å². The molecule has 0 unspecified atom stereocenters. The molecule has 3 heterocycles. The van der Waals surface area contributed by atoms with E-state index in [-0.39, 0.29) is 0 Å². The lowest BCUT2D eigenvalue weighted by Gasteiger charge is -2.12. The lowest BCUT2D eigenvalue weighted by molar-refractivity contribution is 1.02. The number of hydrogen-bond donors (Lipinski definition) is 2. The molecule has 0 amide bonds. The van der Waals surface area contributed by atoms with Gasteiger partial charge in [0.25, 0.3) is 0 Å². The van der Waals surface area contributed by atoms with Crippen LogP contribution in [0.3, 0.4) is 0 Å². The molecule has 0 radical (unpaired) electrons. The maximum atomic E-state index is 4.49. The van der Waals surface area contributed by atoms with Crippen LogP contribution in [-0.2, 0) is 0 Å². The molecule has 7 heteroatoms. The highest BCUT2D eigenvalue weighted by molar-refractivity contribution is 5.87. The minimum Gasteiger partial charge on any atom is -0.347 e. The number of nitrogens with zero attached hydrogens (tertiary/aromatic N) is 5. The molecule has 2 N–H and O–H groups in total. The third-order valence-corrected chi connectivity index (χ3v) is 2.85. The van der Waals surface area contributed by atoms with Gasteiger partial charge >= 0.3 is 0 Å². The van der Waals surface area contributed by atoms with Gasteiger partial charge in [0, 0.05) is 20.3 Å². The van der Waals surface area contributed by atoms with Crippen LogP contribution in [0.15, 0.2) is 24.5 Å². The Bertz CT molecular complexity index is 747. The molecular formula is C13H15N7. The molecule has 0 fully saturated rings. The summed E-state index contributed by atoms with van der Waals surface area (Å²) < 4.78 is 0. The van der Waals surface area contributed by atoms with Gasteiger partial charge in [-0.05, 0) is 24.6 Å². The summed E-state index contributed by atoms with van der Waals surface area (Å²) in [5, 5.41) is 10.1. The van der Waals surface area contributed by atoms with E-state index in [2.05, 4.69) is 30.5 Å². The zero-order valence-corrected chi connectivity index (χ0v) is 11.5. The zero-order chi connectivity index (χ0) is 14.1. The molecule has 0 saturated heterocycles. The van der Waals surface area contributed by atoms with E-state index in [4.69, 9.17) is 0 Å². The van der Waals surface area contributed by atoms with E-state index < -0.39 is 0 Å². The normalized spacial score (nSPS) is 10.8. The monoisotopic (exact) mass is 269 g/mol. The van der Waals surface area contributed by atoms with Crippen LogP contribution in [-0.4, -0.2) is 39.2 Å². The van der Waals surface area contributed by atoms with Gasteiger partial charge < -0.3 is 10.2 Å². The Morgan fingerprint density at radius 2 is 2.10 bits per heavy atom. The Labute approximate surface area is 116 Å². The molecule has 0 aliphatic rings. The van der Waals surface area contributed by atoms with Crippen LogP contribution in [0.1, 0.15) is 5.56 Å². The zero-order valence-electron chi connectivity index (χ0n) is 11.5. The second-order valence-corrected chi connectivity index (χ2v) is 4.74. The summed E-state index contributed by atoms with van der Waals surface area (Å²) in [6.45, 7) is 2.02. The summed E-state index contributed by atoms with van der Waals surface area (Å²) >= 11 is 0. The minimum atomic E-state index is 0.619. The van der Waals surface area contributed by atoms with Gasteiger partial charge in [0.2, 0.25) is 5.95 Å². The average molecular weight is 269 g/mol. The third-order valence-electron chi connectivity index (χ3n) is 2.85. The smallest absolute Gasteiger partial charge is 0.227 e. The number of rotatable bonds is 3. The van der Waals surface area contributed by atoms with Crippen molar-refractivity contribution in [2.75, 3.05) is 24.3 Å². The molecule has 20 heavy (non-hydrogen) atoms. The van der Waals surface area contributed by atoms with E-state index in [0.29, 0.717) is 11.8 Å². The van der Waals surface area contributed by atoms with E-state index in [9.17, 15) is 0 Å². The average Bonchev–Trinajstić information content (AvgIpc) is 2.87. The van der Waals surface area contributed by atoms with E-state index in [1.54, 1.807) is 12.4 Å². The molecule has 0 aromatic carbocycles. The fourth-order valence-corrected chi connectivity index (χ4v) is 1.84. The van der Waals surface area contributed by atoms with Gasteiger partial charge in [-0.3, -0.25) is 5.10 Å². The largest absolute Gasteiger partial charge is 0.347 e. The van der Waals surface area contributed by atoms with Crippen LogP contribution < -0.4 is 10.2 Å². The van der Waals surface area contributed by atoms with Gasteiger partial charge in [0.15, 0.2) is 5.82 Å². The number of aromatic amines is 1. The fourth-order valence-electron chi connectivity index (χ4n) is 1.84. The van der Waals surface area contributed by atoms with Crippen molar-refractivity contribution < 1.29 is 0 Å². The number of hydrogen-bond acceptors (Lipinski definition) is 6. The lowest BCUT2D eigenvalue weighted by atomic mass is 10.3. The summed E-state index contributed by atoms with van der Waals surface area (Å²) in [5.74, 6) is 2.02. The van der Waals surface area contributed by atoms with Crippen LogP contribution >= 0.6 is 0 Å². The van der Waals surface area contributed by atoms with Crippen molar-refractivity contribution in [1.82, 2.24) is 25.1 Å². The molecule has 0 aliphatic heterocycles. The molecule has 0 bridgehead atoms. The summed E-state index contributed by atoms with van der Waals surface area (Å²) in [6.07, 6.45) is 3.44. The van der Waals surface area contributed by atoms with Gasteiger partial charge in [0.05, 0.1) is 6.20 Å². The molecule has 3 aromatic heterocycles. The number of aromatic nitrogens is 5. The van der Waals surface area contributed by atoms with E-state index >= 15 is 0 Å². The SMILES string of the molecule is Cc1ccnc(Nc2nc(N(C)C)nc3cn[nH]c23)c1. The van der Waals surface area contributed by atoms with Crippen molar-refractivity contribution in [2.45, 2.75) is 6.92 Å². The highest BCUT2D eigenvalue weighted by atomic mass is 15.3. The Morgan fingerprint density at radius 1 is 1.25 bits per heavy atom. The van der Waals surface area contributed by atoms with Crippen LogP contribution in [0.5, 0.6) is 0 Å². The quantitative estimate of drug-likeness (QED) is 0.755. The van der Waals surface area contributed by atoms with Crippen LogP contribution in [0.25, 0.3) is 11.0 Å². The predicted octanol–water partition coefficient (Wildman–Crippen LogP) is 1.87. The van der Waals surface area contributed by atoms with Gasteiger partial charge in [0.1, 0.15) is 16.9 Å². The van der Waals surface area contributed by atoms with Crippen molar-refractivity contribution in [3.05, 3.63) is 30.1 Å². The summed E-state index contributed by atoms with van der Waals surface area (Å²) in [5.41, 5.74) is 2.66. The maximum absolute atomic E-state index is 4.49. The first-order chi connectivity index (χ1) is 9.63. The highest BCUT2D eigenvalue weighted by Gasteiger charge is 2.11. The van der Waals surface area contributed by atoms with Crippen molar-refractivity contribution in [3.8, 4) is 0 Å². The number of H-pyrrole nitrogens is 1. The molecule has 0 spiro atoms. The third kappa shape index (κ3) is 2.25. The lowest BCUT2D eigenvalue weighted by Crippen LogP contribution is -2.13. The van der Waals surface area contributed by atoms with Crippen molar-refractivity contribution in [3.63, 3.8) is 0 Å². The minimum absolute atomic E-state index is 0.619. The van der Waals surface area contributed by atoms with Crippen LogP contribution in [0, 0.1) is 6.92 Å². The standard InChI is InChI=1S/C13H15N7/c1-8-4-5-14-10(6-8)17-12-11-9(7-15-19-11)16-13(18-12)20(2)3/h4-7H,1-3H3,(H,15,19)(H,14,16,17,18). The van der Waals surface area contributed by atoms with E-state index in [1.807, 2.05) is 38.1 Å². The topological polar surface area (TPSA) is 82.6 Å². The Hall–Kier alpha value is -2.70. The Balaban J connectivity index is 2.07. The van der Waals surface area contributed by atoms with Crippen LogP contribution in [0.2, 0.25) is 0 Å². The number of anilines is 3. The molecule has 3 aromatic rings. The molecule has 3 rings (SSSR count). The number of nitrogens with one attached hydrogen (secondary N) is 2. The summed E-state index contributed by atoms with van der Waals surface area (Å²) in [6, 6.07) is 3.90. The second kappa shape index (κ2) is 4.76. The van der Waals surface area contributed by atoms with E-state index in [1.165, 1.54) is 0 Å². The summed E-state index contributed by atoms with van der Waals surface area (Å²) in [4.78, 5) is 15.0. The van der Waals surface area contributed by atoms with E-state index in [0.717, 1.165) is 22.4 Å². The fraction of sp³-hybridized carbons (Fsp3) is 0.231. The predicted molar refractivity (Wildman–Crippen MR) is 78.3 cm³/mol. The molecule has 0 aliphatic carbocycles. The molecule has 0 atom stereocenters. The maximum Gasteiger partial charge on any atom is 0.227 e. The number of aryl methyl sites for hydroxylation is 1. The summed E-state index contributed by atoms with van der Waals surface area (Å²) in [7, 11) is 3.80. The molecular weight excluding hydrogens is 254 g/mol.